The van der Waals surface area contributed by atoms with Gasteiger partial charge >= 0.3 is 0 Å². The summed E-state index contributed by atoms with van der Waals surface area (Å²) >= 11 is 0. The largest absolute Gasteiger partial charge is 0.383 e. The maximum Gasteiger partial charge on any atom is 0.188 e. The molecule has 2 unspecified atom stereocenters. The number of hydrogen-bond acceptors (Lipinski definition) is 3. The van der Waals surface area contributed by atoms with Gasteiger partial charge in [-0.3, -0.25) is 4.99 Å². The van der Waals surface area contributed by atoms with Crippen LogP contribution in [0.3, 0.4) is 0 Å². The Kier molecular flexibility index (Phi) is 7.05. The molecule has 0 spiro atoms. The fourth-order valence-corrected chi connectivity index (χ4v) is 2.40. The molecule has 0 saturated carbocycles. The van der Waals surface area contributed by atoms with Gasteiger partial charge in [-0.2, -0.15) is 0 Å². The first-order chi connectivity index (χ1) is 8.65. The molecule has 106 valence electrons. The normalized spacial score (nSPS) is 23.3. The van der Waals surface area contributed by atoms with Crippen molar-refractivity contribution in [2.45, 2.75) is 32.7 Å². The first-order valence-electron chi connectivity index (χ1n) is 6.93. The molecule has 0 amide bonds. The quantitative estimate of drug-likeness (QED) is 0.519. The topological polar surface area (TPSA) is 62.9 Å². The molecule has 5 heteroatoms. The highest BCUT2D eigenvalue weighted by Crippen LogP contribution is 2.16. The van der Waals surface area contributed by atoms with Crippen molar-refractivity contribution in [3.05, 3.63) is 0 Å². The lowest BCUT2D eigenvalue weighted by molar-refractivity contribution is 0.179. The SMILES string of the molecule is CCCN1CCC(CN=C(N)NC(C)COC)C1. The molecule has 0 aromatic heterocycles. The number of ether oxygens (including phenoxy) is 1. The smallest absolute Gasteiger partial charge is 0.188 e. The Balaban J connectivity index is 2.23. The Hall–Kier alpha value is -0.810. The number of methoxy groups -OCH3 is 1. The Morgan fingerprint density at radius 2 is 2.39 bits per heavy atom. The Labute approximate surface area is 111 Å². The lowest BCUT2D eigenvalue weighted by atomic mass is 10.1. The van der Waals surface area contributed by atoms with E-state index in [1.807, 2.05) is 6.92 Å². The molecule has 0 radical (unpaired) electrons. The van der Waals surface area contributed by atoms with Crippen LogP contribution in [0.5, 0.6) is 0 Å². The molecule has 1 heterocycles. The Morgan fingerprint density at radius 1 is 1.61 bits per heavy atom. The third kappa shape index (κ3) is 5.69. The zero-order chi connectivity index (χ0) is 13.4. The van der Waals surface area contributed by atoms with E-state index in [4.69, 9.17) is 10.5 Å². The zero-order valence-corrected chi connectivity index (χ0v) is 12.0. The third-order valence-electron chi connectivity index (χ3n) is 3.24. The van der Waals surface area contributed by atoms with Crippen molar-refractivity contribution in [1.82, 2.24) is 10.2 Å². The van der Waals surface area contributed by atoms with Crippen LogP contribution < -0.4 is 11.1 Å². The zero-order valence-electron chi connectivity index (χ0n) is 12.0. The molecule has 1 rings (SSSR count). The second-order valence-electron chi connectivity index (χ2n) is 5.18. The van der Waals surface area contributed by atoms with Gasteiger partial charge < -0.3 is 20.7 Å². The monoisotopic (exact) mass is 256 g/mol. The van der Waals surface area contributed by atoms with Crippen molar-refractivity contribution in [2.24, 2.45) is 16.6 Å². The van der Waals surface area contributed by atoms with Gasteiger partial charge in [0.05, 0.1) is 6.61 Å². The molecule has 1 aliphatic heterocycles. The molecule has 1 fully saturated rings. The van der Waals surface area contributed by atoms with Gasteiger partial charge in [0.25, 0.3) is 0 Å². The van der Waals surface area contributed by atoms with Crippen LogP contribution in [0.4, 0.5) is 0 Å². The summed E-state index contributed by atoms with van der Waals surface area (Å²) < 4.78 is 5.04. The predicted octanol–water partition coefficient (Wildman–Crippen LogP) is 0.658. The summed E-state index contributed by atoms with van der Waals surface area (Å²) in [4.78, 5) is 6.94. The maximum atomic E-state index is 5.85. The van der Waals surface area contributed by atoms with Crippen LogP contribution in [-0.4, -0.2) is 56.8 Å². The van der Waals surface area contributed by atoms with E-state index in [0.29, 0.717) is 18.5 Å². The van der Waals surface area contributed by atoms with Crippen molar-refractivity contribution < 1.29 is 4.74 Å². The summed E-state index contributed by atoms with van der Waals surface area (Å²) in [5.41, 5.74) is 5.85. The minimum atomic E-state index is 0.207. The van der Waals surface area contributed by atoms with Gasteiger partial charge in [0, 0.05) is 26.2 Å². The van der Waals surface area contributed by atoms with E-state index in [9.17, 15) is 0 Å². The fourth-order valence-electron chi connectivity index (χ4n) is 2.40. The average Bonchev–Trinajstić information content (AvgIpc) is 2.75. The molecule has 1 aliphatic rings. The van der Waals surface area contributed by atoms with Crippen molar-refractivity contribution in [2.75, 3.05) is 39.9 Å². The molecule has 18 heavy (non-hydrogen) atoms. The number of aliphatic imine (C=N–C) groups is 1. The molecule has 3 N–H and O–H groups in total. The minimum absolute atomic E-state index is 0.207. The highest BCUT2D eigenvalue weighted by atomic mass is 16.5. The molecular formula is C13H28N4O. The number of hydrogen-bond donors (Lipinski definition) is 2. The number of nitrogens with zero attached hydrogens (tertiary/aromatic N) is 2. The molecule has 5 nitrogen and oxygen atoms in total. The van der Waals surface area contributed by atoms with Gasteiger partial charge in [0.1, 0.15) is 0 Å². The van der Waals surface area contributed by atoms with Crippen LogP contribution in [0.25, 0.3) is 0 Å². The number of rotatable bonds is 7. The van der Waals surface area contributed by atoms with Gasteiger partial charge in [-0.1, -0.05) is 6.92 Å². The van der Waals surface area contributed by atoms with E-state index in [-0.39, 0.29) is 6.04 Å². The molecule has 1 saturated heterocycles. The Morgan fingerprint density at radius 3 is 3.06 bits per heavy atom. The van der Waals surface area contributed by atoms with Crippen molar-refractivity contribution >= 4 is 5.96 Å². The van der Waals surface area contributed by atoms with Crippen LogP contribution >= 0.6 is 0 Å². The molecule has 2 atom stereocenters. The van der Waals surface area contributed by atoms with Gasteiger partial charge in [-0.25, -0.2) is 0 Å². The first kappa shape index (κ1) is 15.2. The second-order valence-corrected chi connectivity index (χ2v) is 5.18. The minimum Gasteiger partial charge on any atom is -0.383 e. The van der Waals surface area contributed by atoms with Crippen molar-refractivity contribution in [3.63, 3.8) is 0 Å². The summed E-state index contributed by atoms with van der Waals surface area (Å²) in [6.45, 7) is 9.32. The maximum absolute atomic E-state index is 5.85. The van der Waals surface area contributed by atoms with Crippen LogP contribution in [0, 0.1) is 5.92 Å². The van der Waals surface area contributed by atoms with Gasteiger partial charge in [0.2, 0.25) is 0 Å². The van der Waals surface area contributed by atoms with E-state index in [0.717, 1.165) is 13.1 Å². The summed E-state index contributed by atoms with van der Waals surface area (Å²) in [5.74, 6) is 1.20. The summed E-state index contributed by atoms with van der Waals surface area (Å²) in [5, 5.41) is 3.13. The number of guanidine groups is 1. The van der Waals surface area contributed by atoms with E-state index in [2.05, 4.69) is 22.1 Å². The Bertz CT molecular complexity index is 257. The molecule has 0 aromatic rings. The van der Waals surface area contributed by atoms with Gasteiger partial charge in [-0.15, -0.1) is 0 Å². The second kappa shape index (κ2) is 8.32. The van der Waals surface area contributed by atoms with E-state index < -0.39 is 0 Å². The molecule has 0 aliphatic carbocycles. The van der Waals surface area contributed by atoms with Crippen molar-refractivity contribution in [3.8, 4) is 0 Å². The number of likely N-dealkylation sites (tertiary alicyclic amines) is 1. The number of nitrogens with two attached hydrogens (primary N) is 1. The summed E-state index contributed by atoms with van der Waals surface area (Å²) in [6.07, 6.45) is 2.47. The lowest BCUT2D eigenvalue weighted by Crippen LogP contribution is -2.41. The number of nitrogens with one attached hydrogen (secondary N) is 1. The molecule has 0 bridgehead atoms. The average molecular weight is 256 g/mol. The van der Waals surface area contributed by atoms with Crippen molar-refractivity contribution in [1.29, 1.82) is 0 Å². The molecular weight excluding hydrogens is 228 g/mol. The van der Waals surface area contributed by atoms with Gasteiger partial charge in [0.15, 0.2) is 5.96 Å². The lowest BCUT2D eigenvalue weighted by Gasteiger charge is -2.15. The third-order valence-corrected chi connectivity index (χ3v) is 3.24. The summed E-state index contributed by atoms with van der Waals surface area (Å²) in [6, 6.07) is 0.207. The standard InChI is InChI=1S/C13H28N4O/c1-4-6-17-7-5-12(9-17)8-15-13(14)16-11(2)10-18-3/h11-12H,4-10H2,1-3H3,(H3,14,15,16). The van der Waals surface area contributed by atoms with Crippen LogP contribution in [-0.2, 0) is 4.74 Å². The van der Waals surface area contributed by atoms with E-state index in [1.165, 1.54) is 25.9 Å². The summed E-state index contributed by atoms with van der Waals surface area (Å²) in [7, 11) is 1.69. The van der Waals surface area contributed by atoms with Crippen LogP contribution in [0.15, 0.2) is 4.99 Å². The highest BCUT2D eigenvalue weighted by Gasteiger charge is 2.21. The molecule has 0 aromatic carbocycles. The van der Waals surface area contributed by atoms with Gasteiger partial charge in [-0.05, 0) is 38.8 Å². The predicted molar refractivity (Wildman–Crippen MR) is 75.8 cm³/mol. The van der Waals surface area contributed by atoms with E-state index >= 15 is 0 Å². The van der Waals surface area contributed by atoms with Crippen LogP contribution in [0.1, 0.15) is 26.7 Å². The van der Waals surface area contributed by atoms with Crippen LogP contribution in [0.2, 0.25) is 0 Å². The van der Waals surface area contributed by atoms with E-state index in [1.54, 1.807) is 7.11 Å². The fraction of sp³-hybridized carbons (Fsp3) is 0.923. The highest BCUT2D eigenvalue weighted by molar-refractivity contribution is 5.78. The first-order valence-corrected chi connectivity index (χ1v) is 6.93.